The Morgan fingerprint density at radius 2 is 1.81 bits per heavy atom. The maximum Gasteiger partial charge on any atom is 0.258 e. The summed E-state index contributed by atoms with van der Waals surface area (Å²) in [4.78, 5) is 15.1. The van der Waals surface area contributed by atoms with Gasteiger partial charge in [-0.25, -0.2) is 4.68 Å². The number of fused-ring (bicyclic) bond motifs is 1. The standard InChI is InChI=1S/C22H23N3O/c1-15-14-17(3)25(23-15)20-12-10-19(11-13-20)22(26)24-16(2)8-9-18-6-4-5-7-21(18)24/h4-7,10-14,16H,8-9H2,1-3H3. The van der Waals surface area contributed by atoms with Crippen LogP contribution in [0.1, 0.15) is 40.7 Å². The third kappa shape index (κ3) is 2.81. The number of aromatic nitrogens is 2. The minimum absolute atomic E-state index is 0.0598. The van der Waals surface area contributed by atoms with Crippen LogP contribution in [0.4, 0.5) is 5.69 Å². The van der Waals surface area contributed by atoms with Crippen LogP contribution in [0.2, 0.25) is 0 Å². The molecule has 4 nitrogen and oxygen atoms in total. The molecule has 1 aliphatic heterocycles. The van der Waals surface area contributed by atoms with E-state index in [2.05, 4.69) is 18.1 Å². The number of amides is 1. The summed E-state index contributed by atoms with van der Waals surface area (Å²) in [7, 11) is 0. The lowest BCUT2D eigenvalue weighted by Gasteiger charge is -2.35. The lowest BCUT2D eigenvalue weighted by molar-refractivity contribution is 0.0975. The third-order valence-electron chi connectivity index (χ3n) is 5.11. The van der Waals surface area contributed by atoms with E-state index >= 15 is 0 Å². The van der Waals surface area contributed by atoms with Gasteiger partial charge in [-0.1, -0.05) is 18.2 Å². The van der Waals surface area contributed by atoms with Gasteiger partial charge in [0.15, 0.2) is 0 Å². The minimum Gasteiger partial charge on any atom is -0.305 e. The lowest BCUT2D eigenvalue weighted by atomic mass is 9.95. The van der Waals surface area contributed by atoms with Crippen LogP contribution in [0.25, 0.3) is 5.69 Å². The van der Waals surface area contributed by atoms with Crippen molar-refractivity contribution in [2.75, 3.05) is 4.90 Å². The van der Waals surface area contributed by atoms with Crippen molar-refractivity contribution in [1.82, 2.24) is 9.78 Å². The smallest absolute Gasteiger partial charge is 0.258 e. The summed E-state index contributed by atoms with van der Waals surface area (Å²) < 4.78 is 1.91. The van der Waals surface area contributed by atoms with E-state index in [-0.39, 0.29) is 11.9 Å². The average Bonchev–Trinajstić information content (AvgIpc) is 2.99. The van der Waals surface area contributed by atoms with Gasteiger partial charge in [0.25, 0.3) is 5.91 Å². The van der Waals surface area contributed by atoms with E-state index in [9.17, 15) is 4.79 Å². The molecule has 1 amide bonds. The number of nitrogens with zero attached hydrogens (tertiary/aromatic N) is 3. The Balaban J connectivity index is 1.66. The Bertz CT molecular complexity index is 956. The highest BCUT2D eigenvalue weighted by atomic mass is 16.2. The number of anilines is 1. The summed E-state index contributed by atoms with van der Waals surface area (Å²) in [6.45, 7) is 6.14. The van der Waals surface area contributed by atoms with Gasteiger partial charge in [-0.3, -0.25) is 4.79 Å². The van der Waals surface area contributed by atoms with Crippen molar-refractivity contribution < 1.29 is 4.79 Å². The summed E-state index contributed by atoms with van der Waals surface area (Å²) in [6, 6.07) is 18.2. The fourth-order valence-electron chi connectivity index (χ4n) is 3.77. The molecule has 0 radical (unpaired) electrons. The van der Waals surface area contributed by atoms with Crippen LogP contribution in [0.15, 0.2) is 54.6 Å². The average molecular weight is 345 g/mol. The second-order valence-electron chi connectivity index (χ2n) is 7.08. The fraction of sp³-hybridized carbons (Fsp3) is 0.273. The normalized spacial score (nSPS) is 16.4. The predicted octanol–water partition coefficient (Wildman–Crippen LogP) is 4.47. The SMILES string of the molecule is Cc1cc(C)n(-c2ccc(C(=O)N3c4ccccc4CCC3C)cc2)n1. The maximum absolute atomic E-state index is 13.2. The zero-order chi connectivity index (χ0) is 18.3. The summed E-state index contributed by atoms with van der Waals surface area (Å²) in [5.41, 5.74) is 6.04. The highest BCUT2D eigenvalue weighted by molar-refractivity contribution is 6.07. The molecule has 2 aromatic carbocycles. The third-order valence-corrected chi connectivity index (χ3v) is 5.11. The molecule has 0 fully saturated rings. The van der Waals surface area contributed by atoms with Gasteiger partial charge in [0.1, 0.15) is 0 Å². The lowest BCUT2D eigenvalue weighted by Crippen LogP contribution is -2.42. The van der Waals surface area contributed by atoms with Gasteiger partial charge in [0.2, 0.25) is 0 Å². The van der Waals surface area contributed by atoms with E-state index in [0.29, 0.717) is 5.56 Å². The highest BCUT2D eigenvalue weighted by Crippen LogP contribution is 2.31. The number of para-hydroxylation sites is 1. The molecule has 0 aliphatic carbocycles. The largest absolute Gasteiger partial charge is 0.305 e. The molecule has 0 spiro atoms. The second-order valence-corrected chi connectivity index (χ2v) is 7.08. The zero-order valence-corrected chi connectivity index (χ0v) is 15.4. The molecule has 0 N–H and O–H groups in total. The molecule has 3 aromatic rings. The van der Waals surface area contributed by atoms with Crippen molar-refractivity contribution in [2.24, 2.45) is 0 Å². The zero-order valence-electron chi connectivity index (χ0n) is 15.4. The van der Waals surface area contributed by atoms with Gasteiger partial charge in [-0.2, -0.15) is 5.10 Å². The van der Waals surface area contributed by atoms with Crippen LogP contribution in [0.5, 0.6) is 0 Å². The number of carbonyl (C=O) groups is 1. The van der Waals surface area contributed by atoms with E-state index in [1.807, 2.05) is 72.0 Å². The molecule has 0 bridgehead atoms. The maximum atomic E-state index is 13.2. The number of carbonyl (C=O) groups excluding carboxylic acids is 1. The number of aryl methyl sites for hydroxylation is 3. The minimum atomic E-state index is 0.0598. The van der Waals surface area contributed by atoms with Gasteiger partial charge < -0.3 is 4.90 Å². The summed E-state index contributed by atoms with van der Waals surface area (Å²) >= 11 is 0. The van der Waals surface area contributed by atoms with Crippen LogP contribution in [0, 0.1) is 13.8 Å². The molecule has 0 saturated carbocycles. The number of hydrogen-bond donors (Lipinski definition) is 0. The molecule has 26 heavy (non-hydrogen) atoms. The first-order valence-corrected chi connectivity index (χ1v) is 9.10. The topological polar surface area (TPSA) is 38.1 Å². The molecule has 4 heteroatoms. The van der Waals surface area contributed by atoms with E-state index in [1.54, 1.807) is 0 Å². The quantitative estimate of drug-likeness (QED) is 0.687. The molecule has 1 atom stereocenters. The number of hydrogen-bond acceptors (Lipinski definition) is 2. The Hall–Kier alpha value is -2.88. The van der Waals surface area contributed by atoms with Crippen LogP contribution in [-0.2, 0) is 6.42 Å². The van der Waals surface area contributed by atoms with Gasteiger partial charge in [0.05, 0.1) is 11.4 Å². The summed E-state index contributed by atoms with van der Waals surface area (Å²) in [5.74, 6) is 0.0598. The van der Waals surface area contributed by atoms with Gasteiger partial charge in [-0.15, -0.1) is 0 Å². The first-order chi connectivity index (χ1) is 12.5. The summed E-state index contributed by atoms with van der Waals surface area (Å²) in [6.07, 6.45) is 2.02. The molecule has 2 heterocycles. The van der Waals surface area contributed by atoms with Crippen molar-refractivity contribution in [2.45, 2.75) is 39.7 Å². The van der Waals surface area contributed by atoms with Crippen molar-refractivity contribution >= 4 is 11.6 Å². The Labute approximate surface area is 154 Å². The van der Waals surface area contributed by atoms with Crippen molar-refractivity contribution in [3.8, 4) is 5.69 Å². The van der Waals surface area contributed by atoms with Crippen LogP contribution in [0.3, 0.4) is 0 Å². The second kappa shape index (κ2) is 6.45. The van der Waals surface area contributed by atoms with E-state index in [1.165, 1.54) is 5.56 Å². The highest BCUT2D eigenvalue weighted by Gasteiger charge is 2.28. The van der Waals surface area contributed by atoms with Crippen LogP contribution < -0.4 is 4.90 Å². The van der Waals surface area contributed by atoms with Crippen molar-refractivity contribution in [1.29, 1.82) is 0 Å². The molecule has 1 unspecified atom stereocenters. The van der Waals surface area contributed by atoms with Crippen LogP contribution in [-0.4, -0.2) is 21.7 Å². The van der Waals surface area contributed by atoms with E-state index in [0.717, 1.165) is 35.6 Å². The molecule has 0 saturated heterocycles. The predicted molar refractivity (Wildman–Crippen MR) is 104 cm³/mol. The Morgan fingerprint density at radius 1 is 1.08 bits per heavy atom. The molecule has 4 rings (SSSR count). The van der Waals surface area contributed by atoms with Crippen LogP contribution >= 0.6 is 0 Å². The van der Waals surface area contributed by atoms with Crippen molar-refractivity contribution in [3.63, 3.8) is 0 Å². The molecular formula is C22H23N3O. The molecule has 1 aliphatic rings. The Kier molecular flexibility index (Phi) is 4.11. The first-order valence-electron chi connectivity index (χ1n) is 9.10. The number of rotatable bonds is 2. The van der Waals surface area contributed by atoms with E-state index in [4.69, 9.17) is 0 Å². The van der Waals surface area contributed by atoms with Gasteiger partial charge in [-0.05, 0) is 75.6 Å². The monoisotopic (exact) mass is 345 g/mol. The Morgan fingerprint density at radius 3 is 2.50 bits per heavy atom. The molecular weight excluding hydrogens is 322 g/mol. The van der Waals surface area contributed by atoms with Gasteiger partial charge >= 0.3 is 0 Å². The molecule has 1 aromatic heterocycles. The first kappa shape index (κ1) is 16.6. The number of benzene rings is 2. The fourth-order valence-corrected chi connectivity index (χ4v) is 3.77. The summed E-state index contributed by atoms with van der Waals surface area (Å²) in [5, 5.41) is 4.51. The molecule has 132 valence electrons. The van der Waals surface area contributed by atoms with Crippen molar-refractivity contribution in [3.05, 3.63) is 77.1 Å². The van der Waals surface area contributed by atoms with Gasteiger partial charge in [0, 0.05) is 23.0 Å². The van der Waals surface area contributed by atoms with E-state index < -0.39 is 0 Å².